The zero-order valence-corrected chi connectivity index (χ0v) is 16.2. The van der Waals surface area contributed by atoms with E-state index >= 15 is 0 Å². The maximum atomic E-state index is 12.3. The highest BCUT2D eigenvalue weighted by Gasteiger charge is 2.19. The van der Waals surface area contributed by atoms with Gasteiger partial charge in [0.2, 0.25) is 20.0 Å². The molecule has 0 saturated carbocycles. The Hall–Kier alpha value is -0.520. The van der Waals surface area contributed by atoms with Gasteiger partial charge in [-0.3, -0.25) is 0 Å². The van der Waals surface area contributed by atoms with Gasteiger partial charge in [-0.2, -0.15) is 0 Å². The molecule has 3 N–H and O–H groups in total. The number of thiophene rings is 1. The monoisotopic (exact) mass is 395 g/mol. The fourth-order valence-electron chi connectivity index (χ4n) is 2.50. The third-order valence-corrected chi connectivity index (χ3v) is 8.48. The Morgan fingerprint density at radius 2 is 2.00 bits per heavy atom. The third-order valence-electron chi connectivity index (χ3n) is 3.98. The quantitative estimate of drug-likeness (QED) is 0.535. The van der Waals surface area contributed by atoms with E-state index in [9.17, 15) is 16.8 Å². The second-order valence-electron chi connectivity index (χ2n) is 5.81. The van der Waals surface area contributed by atoms with Crippen LogP contribution in [-0.4, -0.2) is 48.8 Å². The first-order chi connectivity index (χ1) is 11.3. The average Bonchev–Trinajstić information content (AvgIpc) is 3.19. The van der Waals surface area contributed by atoms with Crippen molar-refractivity contribution in [2.24, 2.45) is 5.92 Å². The highest BCUT2D eigenvalue weighted by molar-refractivity contribution is 7.91. The number of hydrogen-bond donors (Lipinski definition) is 3. The molecule has 1 aliphatic rings. The van der Waals surface area contributed by atoms with Crippen LogP contribution < -0.4 is 14.8 Å². The predicted molar refractivity (Wildman–Crippen MR) is 96.3 cm³/mol. The Balaban J connectivity index is 1.81. The SMILES string of the molecule is CCS(=O)(=O)NCCc1ccc(S(=O)(=O)NCCC2CCNC2)s1. The van der Waals surface area contributed by atoms with Crippen molar-refractivity contribution in [2.45, 2.75) is 30.4 Å². The topological polar surface area (TPSA) is 104 Å². The Morgan fingerprint density at radius 1 is 1.21 bits per heavy atom. The first-order valence-corrected chi connectivity index (χ1v) is 12.0. The summed E-state index contributed by atoms with van der Waals surface area (Å²) in [5, 5.41) is 3.27. The van der Waals surface area contributed by atoms with Gasteiger partial charge >= 0.3 is 0 Å². The Labute approximate surface area is 148 Å². The van der Waals surface area contributed by atoms with E-state index in [2.05, 4.69) is 14.8 Å². The second kappa shape index (κ2) is 8.72. The number of rotatable bonds is 10. The molecule has 1 aromatic heterocycles. The van der Waals surface area contributed by atoms with Gasteiger partial charge in [0.25, 0.3) is 0 Å². The summed E-state index contributed by atoms with van der Waals surface area (Å²) >= 11 is 1.18. The maximum absolute atomic E-state index is 12.3. The smallest absolute Gasteiger partial charge is 0.250 e. The molecule has 10 heteroatoms. The molecule has 2 heterocycles. The molecule has 1 atom stereocenters. The molecule has 0 spiro atoms. The third kappa shape index (κ3) is 6.08. The van der Waals surface area contributed by atoms with Crippen LogP contribution >= 0.6 is 11.3 Å². The van der Waals surface area contributed by atoms with Crippen molar-refractivity contribution in [3.8, 4) is 0 Å². The van der Waals surface area contributed by atoms with Gasteiger partial charge in [0.1, 0.15) is 4.21 Å². The zero-order valence-electron chi connectivity index (χ0n) is 13.7. The first-order valence-electron chi connectivity index (χ1n) is 8.09. The van der Waals surface area contributed by atoms with Crippen LogP contribution in [0.4, 0.5) is 0 Å². The van der Waals surface area contributed by atoms with Crippen molar-refractivity contribution in [1.29, 1.82) is 0 Å². The van der Waals surface area contributed by atoms with Crippen LogP contribution in [0.1, 0.15) is 24.6 Å². The Morgan fingerprint density at radius 3 is 2.67 bits per heavy atom. The Bertz CT molecular complexity index is 722. The van der Waals surface area contributed by atoms with E-state index in [4.69, 9.17) is 0 Å². The summed E-state index contributed by atoms with van der Waals surface area (Å²) in [5.74, 6) is 0.579. The fraction of sp³-hybridized carbons (Fsp3) is 0.714. The fourth-order valence-corrected chi connectivity index (χ4v) is 5.56. The summed E-state index contributed by atoms with van der Waals surface area (Å²) in [7, 11) is -6.69. The van der Waals surface area contributed by atoms with Gasteiger partial charge in [0.05, 0.1) is 5.75 Å². The minimum absolute atomic E-state index is 0.0392. The van der Waals surface area contributed by atoms with Crippen LogP contribution in [-0.2, 0) is 26.5 Å². The van der Waals surface area contributed by atoms with E-state index in [1.807, 2.05) is 0 Å². The molecule has 0 radical (unpaired) electrons. The normalized spacial score (nSPS) is 19.0. The number of hydrogen-bond acceptors (Lipinski definition) is 6. The summed E-state index contributed by atoms with van der Waals surface area (Å²) in [6, 6.07) is 3.31. The van der Waals surface area contributed by atoms with Crippen molar-refractivity contribution in [2.75, 3.05) is 31.9 Å². The molecule has 7 nitrogen and oxygen atoms in total. The van der Waals surface area contributed by atoms with Crippen molar-refractivity contribution in [1.82, 2.24) is 14.8 Å². The van der Waals surface area contributed by atoms with Gasteiger partial charge in [0.15, 0.2) is 0 Å². The van der Waals surface area contributed by atoms with E-state index in [0.29, 0.717) is 18.9 Å². The summed E-state index contributed by atoms with van der Waals surface area (Å²) in [6.07, 6.45) is 2.41. The van der Waals surface area contributed by atoms with Gasteiger partial charge in [0, 0.05) is 18.0 Å². The molecule has 2 rings (SSSR count). The summed E-state index contributed by atoms with van der Waals surface area (Å²) in [6.45, 7) is 4.26. The predicted octanol–water partition coefficient (Wildman–Crippen LogP) is 0.508. The van der Waals surface area contributed by atoms with Gasteiger partial charge in [-0.05, 0) is 57.3 Å². The number of nitrogens with one attached hydrogen (secondary N) is 3. The minimum Gasteiger partial charge on any atom is -0.316 e. The van der Waals surface area contributed by atoms with E-state index in [-0.39, 0.29) is 16.5 Å². The van der Waals surface area contributed by atoms with Gasteiger partial charge in [-0.15, -0.1) is 11.3 Å². The van der Waals surface area contributed by atoms with Gasteiger partial charge in [-0.1, -0.05) is 0 Å². The lowest BCUT2D eigenvalue weighted by molar-refractivity contribution is 0.520. The molecule has 0 bridgehead atoms. The van der Waals surface area contributed by atoms with Crippen LogP contribution in [0.15, 0.2) is 16.3 Å². The second-order valence-corrected chi connectivity index (χ2v) is 11.1. The molecule has 24 heavy (non-hydrogen) atoms. The van der Waals surface area contributed by atoms with Crippen molar-refractivity contribution >= 4 is 31.4 Å². The maximum Gasteiger partial charge on any atom is 0.250 e. The molecule has 138 valence electrons. The van der Waals surface area contributed by atoms with Crippen LogP contribution in [0.25, 0.3) is 0 Å². The summed E-state index contributed by atoms with van der Waals surface area (Å²) in [5.41, 5.74) is 0. The van der Waals surface area contributed by atoms with E-state index in [1.165, 1.54) is 11.3 Å². The summed E-state index contributed by atoms with van der Waals surface area (Å²) < 4.78 is 52.7. The van der Waals surface area contributed by atoms with E-state index in [0.717, 1.165) is 30.8 Å². The molecule has 1 aromatic rings. The highest BCUT2D eigenvalue weighted by atomic mass is 32.2. The standard InChI is InChI=1S/C14H25N3O4S3/c1-2-23(18,19)16-10-7-13-3-4-14(22-13)24(20,21)17-9-6-12-5-8-15-11-12/h3-4,12,15-17H,2,5-11H2,1H3. The average molecular weight is 396 g/mol. The molecule has 0 aromatic carbocycles. The lowest BCUT2D eigenvalue weighted by Gasteiger charge is -2.09. The van der Waals surface area contributed by atoms with Crippen LogP contribution in [0.5, 0.6) is 0 Å². The molecular formula is C14H25N3O4S3. The first kappa shape index (κ1) is 19.8. The van der Waals surface area contributed by atoms with Gasteiger partial charge < -0.3 is 5.32 Å². The largest absolute Gasteiger partial charge is 0.316 e. The lowest BCUT2D eigenvalue weighted by Crippen LogP contribution is -2.27. The van der Waals surface area contributed by atoms with Crippen molar-refractivity contribution in [3.05, 3.63) is 17.0 Å². The lowest BCUT2D eigenvalue weighted by atomic mass is 10.1. The molecule has 1 saturated heterocycles. The summed E-state index contributed by atoms with van der Waals surface area (Å²) in [4.78, 5) is 0.842. The number of sulfonamides is 2. The zero-order chi connectivity index (χ0) is 17.6. The molecule has 1 aliphatic heterocycles. The van der Waals surface area contributed by atoms with Gasteiger partial charge in [-0.25, -0.2) is 26.3 Å². The van der Waals surface area contributed by atoms with Crippen LogP contribution in [0.3, 0.4) is 0 Å². The van der Waals surface area contributed by atoms with E-state index < -0.39 is 20.0 Å². The molecule has 1 fully saturated rings. The van der Waals surface area contributed by atoms with Crippen molar-refractivity contribution < 1.29 is 16.8 Å². The molecule has 1 unspecified atom stereocenters. The Kier molecular flexibility index (Phi) is 7.20. The molecule has 0 aliphatic carbocycles. The highest BCUT2D eigenvalue weighted by Crippen LogP contribution is 2.22. The van der Waals surface area contributed by atoms with Crippen LogP contribution in [0.2, 0.25) is 0 Å². The van der Waals surface area contributed by atoms with E-state index in [1.54, 1.807) is 19.1 Å². The molecular weight excluding hydrogens is 370 g/mol. The van der Waals surface area contributed by atoms with Crippen molar-refractivity contribution in [3.63, 3.8) is 0 Å². The molecule has 0 amide bonds. The minimum atomic E-state index is -3.48. The van der Waals surface area contributed by atoms with Crippen LogP contribution in [0, 0.1) is 5.92 Å².